The van der Waals surface area contributed by atoms with E-state index in [9.17, 15) is 26.3 Å². The SMILES string of the molecule is FC(F)(F)c1cccc(C(F)(F)F)c1-c1c[c]ccn1. The highest BCUT2D eigenvalue weighted by atomic mass is 19.4. The standard InChI is InChI=1S/C13H6F6N/c14-12(15,16)8-4-3-5-9(13(17,18)19)11(8)10-6-1-2-7-20-10/h2-7H. The number of hydrogen-bond acceptors (Lipinski definition) is 1. The summed E-state index contributed by atoms with van der Waals surface area (Å²) in [5.41, 5.74) is -4.16. The molecule has 0 spiro atoms. The molecular weight excluding hydrogens is 284 g/mol. The summed E-state index contributed by atoms with van der Waals surface area (Å²) < 4.78 is 77.4. The lowest BCUT2D eigenvalue weighted by Gasteiger charge is -2.18. The Balaban J connectivity index is 2.80. The third-order valence-corrected chi connectivity index (χ3v) is 2.54. The van der Waals surface area contributed by atoms with E-state index in [4.69, 9.17) is 0 Å². The molecule has 105 valence electrons. The van der Waals surface area contributed by atoms with Crippen LogP contribution in [-0.2, 0) is 12.4 Å². The molecule has 20 heavy (non-hydrogen) atoms. The maximum Gasteiger partial charge on any atom is 0.417 e. The average Bonchev–Trinajstić information content (AvgIpc) is 2.37. The summed E-state index contributed by atoms with van der Waals surface area (Å²) in [4.78, 5) is 3.57. The number of rotatable bonds is 1. The number of hydrogen-bond donors (Lipinski definition) is 0. The van der Waals surface area contributed by atoms with E-state index in [2.05, 4.69) is 11.1 Å². The van der Waals surface area contributed by atoms with Crippen LogP contribution in [0.1, 0.15) is 11.1 Å². The normalized spacial score (nSPS) is 12.5. The van der Waals surface area contributed by atoms with Gasteiger partial charge in [0, 0.05) is 11.8 Å². The molecule has 1 heterocycles. The van der Waals surface area contributed by atoms with Crippen molar-refractivity contribution >= 4 is 0 Å². The topological polar surface area (TPSA) is 12.9 Å². The Morgan fingerprint density at radius 3 is 1.85 bits per heavy atom. The molecule has 0 unspecified atom stereocenters. The minimum Gasteiger partial charge on any atom is -0.256 e. The fraction of sp³-hybridized carbons (Fsp3) is 0.154. The number of aromatic nitrogens is 1. The lowest BCUT2D eigenvalue weighted by Crippen LogP contribution is -2.14. The van der Waals surface area contributed by atoms with E-state index < -0.39 is 34.7 Å². The van der Waals surface area contributed by atoms with Crippen molar-refractivity contribution in [2.75, 3.05) is 0 Å². The van der Waals surface area contributed by atoms with Crippen LogP contribution in [0.3, 0.4) is 0 Å². The third kappa shape index (κ3) is 2.76. The molecule has 0 fully saturated rings. The summed E-state index contributed by atoms with van der Waals surface area (Å²) in [6.45, 7) is 0. The van der Waals surface area contributed by atoms with E-state index in [1.165, 1.54) is 6.07 Å². The first-order valence-corrected chi connectivity index (χ1v) is 5.31. The van der Waals surface area contributed by atoms with Crippen molar-refractivity contribution in [2.24, 2.45) is 0 Å². The zero-order valence-electron chi connectivity index (χ0n) is 9.68. The molecule has 0 bridgehead atoms. The van der Waals surface area contributed by atoms with Crippen LogP contribution >= 0.6 is 0 Å². The first kappa shape index (κ1) is 14.4. The second kappa shape index (κ2) is 4.81. The minimum atomic E-state index is -4.91. The molecule has 1 nitrogen and oxygen atoms in total. The van der Waals surface area contributed by atoms with Crippen LogP contribution in [0.15, 0.2) is 36.5 Å². The molecular formula is C13H6F6N. The summed E-state index contributed by atoms with van der Waals surface area (Å²) in [6, 6.07) is 6.61. The molecule has 2 rings (SSSR count). The van der Waals surface area contributed by atoms with Crippen molar-refractivity contribution < 1.29 is 26.3 Å². The summed E-state index contributed by atoms with van der Waals surface area (Å²) >= 11 is 0. The van der Waals surface area contributed by atoms with Gasteiger partial charge in [0.1, 0.15) is 0 Å². The van der Waals surface area contributed by atoms with Gasteiger partial charge in [-0.1, -0.05) is 6.07 Å². The van der Waals surface area contributed by atoms with E-state index in [-0.39, 0.29) is 0 Å². The van der Waals surface area contributed by atoms with Gasteiger partial charge in [-0.15, -0.1) is 0 Å². The van der Waals surface area contributed by atoms with Gasteiger partial charge in [-0.05, 0) is 30.3 Å². The van der Waals surface area contributed by atoms with Crippen LogP contribution in [-0.4, -0.2) is 4.98 Å². The van der Waals surface area contributed by atoms with Crippen LogP contribution in [0, 0.1) is 6.07 Å². The molecule has 0 saturated heterocycles. The highest BCUT2D eigenvalue weighted by Gasteiger charge is 2.41. The minimum absolute atomic E-state index is 0.423. The van der Waals surface area contributed by atoms with Gasteiger partial charge >= 0.3 is 12.4 Å². The van der Waals surface area contributed by atoms with Crippen LogP contribution in [0.5, 0.6) is 0 Å². The largest absolute Gasteiger partial charge is 0.417 e. The van der Waals surface area contributed by atoms with Crippen molar-refractivity contribution in [3.05, 3.63) is 53.7 Å². The van der Waals surface area contributed by atoms with Crippen LogP contribution in [0.25, 0.3) is 11.3 Å². The second-order valence-corrected chi connectivity index (χ2v) is 3.86. The fourth-order valence-electron chi connectivity index (χ4n) is 1.76. The Hall–Kier alpha value is -2.05. The Morgan fingerprint density at radius 2 is 1.45 bits per heavy atom. The lowest BCUT2D eigenvalue weighted by molar-refractivity contribution is -0.142. The summed E-state index contributed by atoms with van der Waals surface area (Å²) in [7, 11) is 0. The zero-order chi connectivity index (χ0) is 15.0. The number of nitrogens with zero attached hydrogens (tertiary/aromatic N) is 1. The number of benzene rings is 1. The molecule has 0 aliphatic carbocycles. The fourth-order valence-corrected chi connectivity index (χ4v) is 1.76. The Labute approximate surface area is 109 Å². The van der Waals surface area contributed by atoms with Crippen LogP contribution in [0.4, 0.5) is 26.3 Å². The first-order valence-electron chi connectivity index (χ1n) is 5.31. The highest BCUT2D eigenvalue weighted by Crippen LogP contribution is 2.43. The van der Waals surface area contributed by atoms with Crippen molar-refractivity contribution in [3.63, 3.8) is 0 Å². The number of alkyl halides is 6. The first-order chi connectivity index (χ1) is 9.21. The van der Waals surface area contributed by atoms with Crippen molar-refractivity contribution in [2.45, 2.75) is 12.4 Å². The van der Waals surface area contributed by atoms with Gasteiger partial charge in [0.25, 0.3) is 0 Å². The van der Waals surface area contributed by atoms with Gasteiger partial charge < -0.3 is 0 Å². The van der Waals surface area contributed by atoms with Crippen LogP contribution < -0.4 is 0 Å². The number of pyridine rings is 1. The Kier molecular flexibility index (Phi) is 3.45. The molecule has 0 saturated carbocycles. The van der Waals surface area contributed by atoms with Gasteiger partial charge in [-0.25, -0.2) is 0 Å². The van der Waals surface area contributed by atoms with Gasteiger partial charge in [0.2, 0.25) is 0 Å². The van der Waals surface area contributed by atoms with Crippen molar-refractivity contribution in [1.29, 1.82) is 0 Å². The highest BCUT2D eigenvalue weighted by molar-refractivity contribution is 5.69. The smallest absolute Gasteiger partial charge is 0.256 e. The molecule has 1 aromatic heterocycles. The van der Waals surface area contributed by atoms with Gasteiger partial charge in [-0.2, -0.15) is 26.3 Å². The molecule has 2 aromatic rings. The van der Waals surface area contributed by atoms with E-state index in [0.717, 1.165) is 18.3 Å². The summed E-state index contributed by atoms with van der Waals surface area (Å²) in [5.74, 6) is 0. The third-order valence-electron chi connectivity index (χ3n) is 2.54. The molecule has 0 aliphatic heterocycles. The maximum absolute atomic E-state index is 12.9. The Morgan fingerprint density at radius 1 is 0.900 bits per heavy atom. The molecule has 1 aromatic carbocycles. The van der Waals surface area contributed by atoms with Crippen LogP contribution in [0.2, 0.25) is 0 Å². The number of halogens is 6. The maximum atomic E-state index is 12.9. The molecule has 0 aliphatic rings. The zero-order valence-corrected chi connectivity index (χ0v) is 9.68. The van der Waals surface area contributed by atoms with Gasteiger partial charge in [0.15, 0.2) is 0 Å². The van der Waals surface area contributed by atoms with Crippen molar-refractivity contribution in [3.8, 4) is 11.3 Å². The van der Waals surface area contributed by atoms with Crippen molar-refractivity contribution in [1.82, 2.24) is 4.98 Å². The molecule has 0 N–H and O–H groups in total. The van der Waals surface area contributed by atoms with Gasteiger partial charge in [0.05, 0.1) is 16.8 Å². The molecule has 7 heteroatoms. The molecule has 0 atom stereocenters. The quantitative estimate of drug-likeness (QED) is 0.700. The van der Waals surface area contributed by atoms with E-state index >= 15 is 0 Å². The Bertz CT molecular complexity index is 568. The second-order valence-electron chi connectivity index (χ2n) is 3.86. The van der Waals surface area contributed by atoms with E-state index in [0.29, 0.717) is 12.1 Å². The predicted octanol–water partition coefficient (Wildman–Crippen LogP) is 4.59. The lowest BCUT2D eigenvalue weighted by atomic mass is 9.97. The monoisotopic (exact) mass is 290 g/mol. The van der Waals surface area contributed by atoms with E-state index in [1.54, 1.807) is 0 Å². The molecule has 1 radical (unpaired) electrons. The van der Waals surface area contributed by atoms with E-state index in [1.807, 2.05) is 0 Å². The van der Waals surface area contributed by atoms with Gasteiger partial charge in [-0.3, -0.25) is 4.98 Å². The summed E-state index contributed by atoms with van der Waals surface area (Å²) in [5, 5.41) is 0. The predicted molar refractivity (Wildman–Crippen MR) is 58.5 cm³/mol. The summed E-state index contributed by atoms with van der Waals surface area (Å²) in [6.07, 6.45) is -8.73. The average molecular weight is 290 g/mol. The molecule has 0 amide bonds.